The quantitative estimate of drug-likeness (QED) is 0.840. The number of rotatable bonds is 6. The van der Waals surface area contributed by atoms with Crippen molar-refractivity contribution in [1.82, 2.24) is 4.72 Å². The van der Waals surface area contributed by atoms with Gasteiger partial charge in [-0.1, -0.05) is 0 Å². The highest BCUT2D eigenvalue weighted by molar-refractivity contribution is 7.89. The van der Waals surface area contributed by atoms with Crippen LogP contribution in [0, 0.1) is 11.6 Å². The van der Waals surface area contributed by atoms with Crippen molar-refractivity contribution >= 4 is 16.0 Å². The van der Waals surface area contributed by atoms with Gasteiger partial charge in [-0.3, -0.25) is 4.79 Å². The predicted molar refractivity (Wildman–Crippen MR) is 67.6 cm³/mol. The van der Waals surface area contributed by atoms with E-state index >= 15 is 0 Å². The highest BCUT2D eigenvalue weighted by atomic mass is 32.2. The number of carboxylic acids is 1. The minimum atomic E-state index is -4.20. The van der Waals surface area contributed by atoms with Gasteiger partial charge in [0.1, 0.15) is 16.5 Å². The molecule has 0 spiro atoms. The van der Waals surface area contributed by atoms with Gasteiger partial charge in [0.2, 0.25) is 10.0 Å². The van der Waals surface area contributed by atoms with E-state index in [1.165, 1.54) is 13.8 Å². The first-order valence-corrected chi connectivity index (χ1v) is 7.23. The van der Waals surface area contributed by atoms with E-state index in [0.29, 0.717) is 6.07 Å². The van der Waals surface area contributed by atoms with Crippen LogP contribution in [-0.2, 0) is 14.8 Å². The maximum atomic E-state index is 13.5. The molecule has 5 nitrogen and oxygen atoms in total. The molecule has 0 saturated carbocycles. The van der Waals surface area contributed by atoms with Crippen molar-refractivity contribution in [2.45, 2.75) is 37.1 Å². The van der Waals surface area contributed by atoms with Gasteiger partial charge < -0.3 is 5.11 Å². The molecule has 0 saturated heterocycles. The first-order chi connectivity index (χ1) is 9.03. The molecule has 0 bridgehead atoms. The lowest BCUT2D eigenvalue weighted by molar-refractivity contribution is -0.137. The van der Waals surface area contributed by atoms with E-state index in [4.69, 9.17) is 5.11 Å². The molecule has 0 amide bonds. The molecule has 1 rings (SSSR count). The summed E-state index contributed by atoms with van der Waals surface area (Å²) in [6.07, 6.45) is -0.203. The topological polar surface area (TPSA) is 83.5 Å². The predicted octanol–water partition coefficient (Wildman–Crippen LogP) is 1.89. The minimum absolute atomic E-state index is 0.0321. The Kier molecular flexibility index (Phi) is 4.82. The Morgan fingerprint density at radius 3 is 2.45 bits per heavy atom. The van der Waals surface area contributed by atoms with Crippen molar-refractivity contribution in [2.75, 3.05) is 0 Å². The average Bonchev–Trinajstić information content (AvgIpc) is 2.24. The molecule has 0 aliphatic rings. The largest absolute Gasteiger partial charge is 0.481 e. The minimum Gasteiger partial charge on any atom is -0.481 e. The number of hydrogen-bond acceptors (Lipinski definition) is 3. The fraction of sp³-hybridized carbons (Fsp3) is 0.417. The lowest BCUT2D eigenvalue weighted by Gasteiger charge is -2.25. The normalized spacial score (nSPS) is 12.4. The Labute approximate surface area is 115 Å². The number of hydrogen-bond donors (Lipinski definition) is 2. The van der Waals surface area contributed by atoms with Crippen LogP contribution in [-0.4, -0.2) is 25.0 Å². The molecule has 20 heavy (non-hydrogen) atoms. The van der Waals surface area contributed by atoms with Crippen LogP contribution in [0.1, 0.15) is 26.7 Å². The molecule has 0 aromatic heterocycles. The smallest absolute Gasteiger partial charge is 0.303 e. The summed E-state index contributed by atoms with van der Waals surface area (Å²) in [5, 5.41) is 8.59. The van der Waals surface area contributed by atoms with Gasteiger partial charge in [0, 0.05) is 18.0 Å². The zero-order valence-electron chi connectivity index (χ0n) is 11.0. The first kappa shape index (κ1) is 16.5. The van der Waals surface area contributed by atoms with Crippen LogP contribution in [0.25, 0.3) is 0 Å². The third kappa shape index (κ3) is 4.53. The van der Waals surface area contributed by atoms with E-state index in [9.17, 15) is 22.0 Å². The summed E-state index contributed by atoms with van der Waals surface area (Å²) < 4.78 is 52.5. The molecule has 0 atom stereocenters. The molecule has 0 aliphatic carbocycles. The van der Waals surface area contributed by atoms with Crippen molar-refractivity contribution in [3.05, 3.63) is 29.8 Å². The van der Waals surface area contributed by atoms with Crippen LogP contribution in [0.4, 0.5) is 8.78 Å². The van der Waals surface area contributed by atoms with Gasteiger partial charge in [0.05, 0.1) is 0 Å². The van der Waals surface area contributed by atoms with Crippen molar-refractivity contribution in [2.24, 2.45) is 0 Å². The SMILES string of the molecule is CC(C)(CCC(=O)O)NS(=O)(=O)c1ccc(F)cc1F. The van der Waals surface area contributed by atoms with Gasteiger partial charge in [-0.2, -0.15) is 0 Å². The summed E-state index contributed by atoms with van der Waals surface area (Å²) in [6.45, 7) is 2.96. The molecule has 0 unspecified atom stereocenters. The van der Waals surface area contributed by atoms with E-state index in [0.717, 1.165) is 12.1 Å². The molecule has 0 radical (unpaired) electrons. The van der Waals surface area contributed by atoms with E-state index in [2.05, 4.69) is 4.72 Å². The third-order valence-electron chi connectivity index (χ3n) is 2.56. The summed E-state index contributed by atoms with van der Waals surface area (Å²) in [4.78, 5) is 9.82. The van der Waals surface area contributed by atoms with Crippen molar-refractivity contribution in [3.63, 3.8) is 0 Å². The zero-order valence-corrected chi connectivity index (χ0v) is 11.8. The standard InChI is InChI=1S/C12H15F2NO4S/c1-12(2,6-5-11(16)17)15-20(18,19)10-4-3-8(13)7-9(10)14/h3-4,7,15H,5-6H2,1-2H3,(H,16,17). The van der Waals surface area contributed by atoms with Gasteiger partial charge in [-0.05, 0) is 32.4 Å². The number of nitrogens with one attached hydrogen (secondary N) is 1. The molecule has 112 valence electrons. The van der Waals surface area contributed by atoms with Crippen LogP contribution in [0.3, 0.4) is 0 Å². The lowest BCUT2D eigenvalue weighted by atomic mass is 10.0. The van der Waals surface area contributed by atoms with Gasteiger partial charge in [-0.25, -0.2) is 21.9 Å². The number of carboxylic acid groups (broad SMARTS) is 1. The lowest BCUT2D eigenvalue weighted by Crippen LogP contribution is -2.43. The molecule has 0 fully saturated rings. The molecule has 0 heterocycles. The first-order valence-electron chi connectivity index (χ1n) is 5.74. The maximum Gasteiger partial charge on any atom is 0.303 e. The summed E-state index contributed by atoms with van der Waals surface area (Å²) >= 11 is 0. The number of benzene rings is 1. The van der Waals surface area contributed by atoms with Crippen LogP contribution in [0.2, 0.25) is 0 Å². The van der Waals surface area contributed by atoms with Crippen molar-refractivity contribution in [3.8, 4) is 0 Å². The Hall–Kier alpha value is -1.54. The molecule has 2 N–H and O–H groups in total. The highest BCUT2D eigenvalue weighted by Crippen LogP contribution is 2.20. The highest BCUT2D eigenvalue weighted by Gasteiger charge is 2.28. The monoisotopic (exact) mass is 307 g/mol. The van der Waals surface area contributed by atoms with E-state index in [1.54, 1.807) is 0 Å². The molecular formula is C12H15F2NO4S. The Bertz CT molecular complexity index is 614. The summed E-state index contributed by atoms with van der Waals surface area (Å²) in [7, 11) is -4.20. The van der Waals surface area contributed by atoms with Gasteiger partial charge >= 0.3 is 5.97 Å². The number of sulfonamides is 1. The van der Waals surface area contributed by atoms with Gasteiger partial charge in [0.15, 0.2) is 0 Å². The molecule has 8 heteroatoms. The Balaban J connectivity index is 2.97. The van der Waals surface area contributed by atoms with E-state index in [-0.39, 0.29) is 12.8 Å². The van der Waals surface area contributed by atoms with Crippen molar-refractivity contribution < 1.29 is 27.1 Å². The van der Waals surface area contributed by atoms with E-state index < -0.39 is 38.1 Å². The number of aliphatic carboxylic acids is 1. The fourth-order valence-electron chi connectivity index (χ4n) is 1.58. The summed E-state index contributed by atoms with van der Waals surface area (Å²) in [5.41, 5.74) is -1.07. The molecule has 0 aliphatic heterocycles. The second-order valence-corrected chi connectivity index (χ2v) is 6.61. The number of carbonyl (C=O) groups is 1. The van der Waals surface area contributed by atoms with E-state index in [1.807, 2.05) is 0 Å². The Morgan fingerprint density at radius 2 is 1.95 bits per heavy atom. The second kappa shape index (κ2) is 5.84. The van der Waals surface area contributed by atoms with Gasteiger partial charge in [-0.15, -0.1) is 0 Å². The third-order valence-corrected chi connectivity index (χ3v) is 4.29. The zero-order chi connectivity index (χ0) is 15.6. The second-order valence-electron chi connectivity index (χ2n) is 4.96. The van der Waals surface area contributed by atoms with Crippen LogP contribution < -0.4 is 4.72 Å². The fourth-order valence-corrected chi connectivity index (χ4v) is 3.08. The Morgan fingerprint density at radius 1 is 1.35 bits per heavy atom. The molecule has 1 aromatic rings. The number of halogens is 2. The van der Waals surface area contributed by atoms with Crippen LogP contribution in [0.5, 0.6) is 0 Å². The maximum absolute atomic E-state index is 13.5. The molecule has 1 aromatic carbocycles. The summed E-state index contributed by atoms with van der Waals surface area (Å²) in [6, 6.07) is 2.13. The van der Waals surface area contributed by atoms with Gasteiger partial charge in [0.25, 0.3) is 0 Å². The van der Waals surface area contributed by atoms with Crippen LogP contribution in [0.15, 0.2) is 23.1 Å². The van der Waals surface area contributed by atoms with Crippen LogP contribution >= 0.6 is 0 Å². The summed E-state index contributed by atoms with van der Waals surface area (Å²) in [5.74, 6) is -3.15. The van der Waals surface area contributed by atoms with Crippen molar-refractivity contribution in [1.29, 1.82) is 0 Å². The molecular weight excluding hydrogens is 292 g/mol. The average molecular weight is 307 g/mol.